The average Bonchev–Trinajstić information content (AvgIpc) is 2.97. The quantitative estimate of drug-likeness (QED) is 0.631. The second kappa shape index (κ2) is 5.30. The lowest BCUT2D eigenvalue weighted by atomic mass is 10.00. The number of nitrogens with two attached hydrogens (primary N) is 1. The van der Waals surface area contributed by atoms with Gasteiger partial charge in [0.2, 0.25) is 0 Å². The predicted octanol–water partition coefficient (Wildman–Crippen LogP) is 4.39. The van der Waals surface area contributed by atoms with E-state index in [0.29, 0.717) is 27.0 Å². The summed E-state index contributed by atoms with van der Waals surface area (Å²) in [6, 6.07) is 3.66. The zero-order valence-electron chi connectivity index (χ0n) is 11.3. The minimum absolute atomic E-state index is 0.316. The van der Waals surface area contributed by atoms with Crippen LogP contribution in [-0.4, -0.2) is 4.98 Å². The molecule has 3 N–H and O–H groups in total. The van der Waals surface area contributed by atoms with E-state index in [1.54, 1.807) is 6.07 Å². The normalized spacial score (nSPS) is 16.0. The lowest BCUT2D eigenvalue weighted by Crippen LogP contribution is -2.10. The third kappa shape index (κ3) is 2.19. The van der Waals surface area contributed by atoms with Gasteiger partial charge in [0.25, 0.3) is 0 Å². The number of nitrogens with one attached hydrogen (secondary N) is 1. The van der Waals surface area contributed by atoms with Crippen molar-refractivity contribution >= 4 is 32.5 Å². The van der Waals surface area contributed by atoms with Crippen LogP contribution in [0.25, 0.3) is 10.9 Å². The summed E-state index contributed by atoms with van der Waals surface area (Å²) < 4.78 is 14.8. The van der Waals surface area contributed by atoms with Crippen LogP contribution in [0.4, 0.5) is 10.1 Å². The molecule has 1 aliphatic carbocycles. The number of anilines is 1. The number of hydrogen-bond donors (Lipinski definition) is 2. The highest BCUT2D eigenvalue weighted by Crippen LogP contribution is 2.38. The molecule has 1 saturated carbocycles. The fraction of sp³-hybridized carbons (Fsp3) is 0.400. The van der Waals surface area contributed by atoms with Gasteiger partial charge in [-0.2, -0.15) is 0 Å². The molecule has 0 saturated heterocycles. The van der Waals surface area contributed by atoms with E-state index in [1.807, 2.05) is 13.0 Å². The van der Waals surface area contributed by atoms with Crippen LogP contribution < -0.4 is 11.3 Å². The lowest BCUT2D eigenvalue weighted by molar-refractivity contribution is 0.632. The summed E-state index contributed by atoms with van der Waals surface area (Å²) in [6.45, 7) is 1.94. The third-order valence-electron chi connectivity index (χ3n) is 4.11. The van der Waals surface area contributed by atoms with E-state index in [9.17, 15) is 4.39 Å². The summed E-state index contributed by atoms with van der Waals surface area (Å²) in [7, 11) is 0. The van der Waals surface area contributed by atoms with Crippen molar-refractivity contribution < 1.29 is 4.39 Å². The lowest BCUT2D eigenvalue weighted by Gasteiger charge is -2.15. The topological polar surface area (TPSA) is 50.9 Å². The molecule has 3 rings (SSSR count). The van der Waals surface area contributed by atoms with Crippen molar-refractivity contribution in [3.05, 3.63) is 33.7 Å². The molecule has 0 unspecified atom stereocenters. The van der Waals surface area contributed by atoms with Crippen molar-refractivity contribution in [2.24, 2.45) is 5.84 Å². The third-order valence-corrected chi connectivity index (χ3v) is 4.69. The van der Waals surface area contributed by atoms with Gasteiger partial charge in [0.1, 0.15) is 5.82 Å². The van der Waals surface area contributed by atoms with Crippen molar-refractivity contribution in [3.8, 4) is 0 Å². The van der Waals surface area contributed by atoms with Crippen molar-refractivity contribution in [1.82, 2.24) is 4.98 Å². The molecule has 0 spiro atoms. The molecule has 1 heterocycles. The maximum atomic E-state index is 14.4. The molecule has 3 nitrogen and oxygen atoms in total. The molecule has 1 aromatic carbocycles. The molecule has 106 valence electrons. The van der Waals surface area contributed by atoms with Crippen LogP contribution in [0.3, 0.4) is 0 Å². The molecule has 1 fully saturated rings. The Balaban J connectivity index is 2.28. The van der Waals surface area contributed by atoms with Crippen LogP contribution in [0.5, 0.6) is 0 Å². The van der Waals surface area contributed by atoms with Crippen LogP contribution in [0, 0.1) is 12.7 Å². The van der Waals surface area contributed by atoms with Crippen LogP contribution in [-0.2, 0) is 0 Å². The summed E-state index contributed by atoms with van der Waals surface area (Å²) in [5.74, 6) is 5.75. The molecule has 0 atom stereocenters. The Labute approximate surface area is 125 Å². The fourth-order valence-electron chi connectivity index (χ4n) is 3.06. The van der Waals surface area contributed by atoms with Crippen molar-refractivity contribution in [1.29, 1.82) is 0 Å². The van der Waals surface area contributed by atoms with Gasteiger partial charge < -0.3 is 5.43 Å². The highest BCUT2D eigenvalue weighted by atomic mass is 79.9. The van der Waals surface area contributed by atoms with E-state index < -0.39 is 0 Å². The molecular weight excluding hydrogens is 321 g/mol. The molecule has 0 radical (unpaired) electrons. The van der Waals surface area contributed by atoms with Gasteiger partial charge in [0.15, 0.2) is 0 Å². The number of rotatable bonds is 2. The molecule has 0 bridgehead atoms. The van der Waals surface area contributed by atoms with Crippen LogP contribution in [0.15, 0.2) is 16.6 Å². The maximum absolute atomic E-state index is 14.4. The van der Waals surface area contributed by atoms with E-state index in [-0.39, 0.29) is 5.82 Å². The number of benzene rings is 1. The maximum Gasteiger partial charge on any atom is 0.148 e. The van der Waals surface area contributed by atoms with Gasteiger partial charge in [-0.15, -0.1) is 0 Å². The van der Waals surface area contributed by atoms with Gasteiger partial charge in [-0.3, -0.25) is 10.8 Å². The second-order valence-electron chi connectivity index (χ2n) is 5.43. The minimum Gasteiger partial charge on any atom is -0.323 e. The minimum atomic E-state index is -0.316. The Morgan fingerprint density at radius 1 is 1.35 bits per heavy atom. The first-order valence-electron chi connectivity index (χ1n) is 6.87. The van der Waals surface area contributed by atoms with Crippen molar-refractivity contribution in [2.45, 2.75) is 38.5 Å². The standard InChI is InChI=1S/C15H17BrFN3/c1-8-6-10(16)14(17)13-12(20-18)7-11(19-15(8)13)9-4-2-3-5-9/h6-7,9H,2-5,18H2,1H3,(H,19,20). The summed E-state index contributed by atoms with van der Waals surface area (Å²) in [6.07, 6.45) is 4.79. The monoisotopic (exact) mass is 337 g/mol. The smallest absolute Gasteiger partial charge is 0.148 e. The van der Waals surface area contributed by atoms with Crippen LogP contribution in [0.2, 0.25) is 0 Å². The molecule has 5 heteroatoms. The zero-order chi connectivity index (χ0) is 14.3. The van der Waals surface area contributed by atoms with Gasteiger partial charge in [-0.25, -0.2) is 4.39 Å². The number of hydrazine groups is 1. The summed E-state index contributed by atoms with van der Waals surface area (Å²) >= 11 is 3.24. The van der Waals surface area contributed by atoms with Gasteiger partial charge in [-0.1, -0.05) is 12.8 Å². The highest BCUT2D eigenvalue weighted by molar-refractivity contribution is 9.10. The summed E-state index contributed by atoms with van der Waals surface area (Å²) in [5.41, 5.74) is 5.91. The van der Waals surface area contributed by atoms with E-state index in [1.165, 1.54) is 12.8 Å². The Morgan fingerprint density at radius 3 is 2.70 bits per heavy atom. The van der Waals surface area contributed by atoms with E-state index in [4.69, 9.17) is 10.8 Å². The molecular formula is C15H17BrFN3. The molecule has 20 heavy (non-hydrogen) atoms. The Morgan fingerprint density at radius 2 is 2.05 bits per heavy atom. The first-order chi connectivity index (χ1) is 9.61. The van der Waals surface area contributed by atoms with Crippen molar-refractivity contribution in [3.63, 3.8) is 0 Å². The number of hydrogen-bond acceptors (Lipinski definition) is 3. The number of aromatic nitrogens is 1. The molecule has 0 aliphatic heterocycles. The van der Waals surface area contributed by atoms with Gasteiger partial charge >= 0.3 is 0 Å². The van der Waals surface area contributed by atoms with Gasteiger partial charge in [0, 0.05) is 11.6 Å². The summed E-state index contributed by atoms with van der Waals surface area (Å²) in [4.78, 5) is 4.71. The van der Waals surface area contributed by atoms with E-state index in [2.05, 4.69) is 21.4 Å². The van der Waals surface area contributed by atoms with Gasteiger partial charge in [0.05, 0.1) is 21.1 Å². The number of halogens is 2. The SMILES string of the molecule is Cc1cc(Br)c(F)c2c(NN)cc(C3CCCC3)nc12. The number of pyridine rings is 1. The van der Waals surface area contributed by atoms with Crippen LogP contribution in [0.1, 0.15) is 42.9 Å². The zero-order valence-corrected chi connectivity index (χ0v) is 12.9. The Kier molecular flexibility index (Phi) is 3.65. The van der Waals surface area contributed by atoms with E-state index >= 15 is 0 Å². The van der Waals surface area contributed by atoms with Gasteiger partial charge in [-0.05, 0) is 53.4 Å². The predicted molar refractivity (Wildman–Crippen MR) is 83.2 cm³/mol. The largest absolute Gasteiger partial charge is 0.323 e. The molecule has 2 aromatic rings. The molecule has 1 aliphatic rings. The molecule has 1 aromatic heterocycles. The highest BCUT2D eigenvalue weighted by Gasteiger charge is 2.22. The first-order valence-corrected chi connectivity index (χ1v) is 7.67. The van der Waals surface area contributed by atoms with E-state index in [0.717, 1.165) is 24.1 Å². The Bertz CT molecular complexity index is 666. The Hall–Kier alpha value is -1.20. The number of aryl methyl sites for hydroxylation is 1. The van der Waals surface area contributed by atoms with Crippen molar-refractivity contribution in [2.75, 3.05) is 5.43 Å². The summed E-state index contributed by atoms with van der Waals surface area (Å²) in [5, 5.41) is 0.459. The second-order valence-corrected chi connectivity index (χ2v) is 6.29. The fourth-order valence-corrected chi connectivity index (χ4v) is 3.60. The average molecular weight is 338 g/mol. The number of nitrogens with zero attached hydrogens (tertiary/aromatic N) is 1. The van der Waals surface area contributed by atoms with Crippen LogP contribution >= 0.6 is 15.9 Å². The molecule has 0 amide bonds. The number of fused-ring (bicyclic) bond motifs is 1. The number of nitrogen functional groups attached to an aromatic ring is 1. The first kappa shape index (κ1) is 13.8.